The molecule has 2 aromatic rings. The van der Waals surface area contributed by atoms with Crippen LogP contribution >= 0.6 is 34.8 Å². The molecule has 0 saturated heterocycles. The van der Waals surface area contributed by atoms with Crippen LogP contribution in [-0.2, 0) is 0 Å². The maximum absolute atomic E-state index is 12.2. The van der Waals surface area contributed by atoms with Crippen LogP contribution in [0, 0.1) is 5.95 Å². The van der Waals surface area contributed by atoms with Crippen LogP contribution in [0.5, 0.6) is 0 Å². The Labute approximate surface area is 128 Å². The molecule has 0 spiro atoms. The van der Waals surface area contributed by atoms with E-state index in [1.54, 1.807) is 0 Å². The van der Waals surface area contributed by atoms with Crippen molar-refractivity contribution in [2.45, 2.75) is 0 Å². The fourth-order valence-electron chi connectivity index (χ4n) is 1.07. The first-order chi connectivity index (χ1) is 9.27. The highest BCUT2D eigenvalue weighted by molar-refractivity contribution is 6.32. The SMILES string of the molecule is Nc1cc(F)nc(Cl)c1.O=C(O)c1cc(Cl)nc(Cl)c1. The first kappa shape index (κ1) is 16.4. The third-order valence-electron chi connectivity index (χ3n) is 1.79. The van der Waals surface area contributed by atoms with Crippen molar-refractivity contribution in [2.75, 3.05) is 5.73 Å². The standard InChI is InChI=1S/C6H3Cl2NO2.C5H4ClFN2/c7-4-1-3(6(10)11)2-5(8)9-4;6-4-1-3(8)2-5(7)9-4/h1-2H,(H,10,11);1-2H,(H2,8,9). The molecule has 3 N–H and O–H groups in total. The van der Waals surface area contributed by atoms with Gasteiger partial charge in [0.2, 0.25) is 5.95 Å². The second-order valence-corrected chi connectivity index (χ2v) is 4.51. The molecule has 0 aliphatic rings. The number of nitrogen functional groups attached to an aromatic ring is 1. The van der Waals surface area contributed by atoms with Crippen LogP contribution in [0.3, 0.4) is 0 Å². The lowest BCUT2D eigenvalue weighted by Crippen LogP contribution is -1.96. The fourth-order valence-corrected chi connectivity index (χ4v) is 1.74. The molecule has 0 radical (unpaired) electrons. The topological polar surface area (TPSA) is 89.1 Å². The number of aromatic carboxylic acids is 1. The van der Waals surface area contributed by atoms with E-state index in [1.807, 2.05) is 0 Å². The highest BCUT2D eigenvalue weighted by Crippen LogP contribution is 2.14. The molecule has 0 atom stereocenters. The molecule has 9 heteroatoms. The van der Waals surface area contributed by atoms with Crippen LogP contribution in [0.1, 0.15) is 10.4 Å². The highest BCUT2D eigenvalue weighted by Gasteiger charge is 2.05. The monoisotopic (exact) mass is 337 g/mol. The van der Waals surface area contributed by atoms with Crippen molar-refractivity contribution < 1.29 is 14.3 Å². The van der Waals surface area contributed by atoms with Gasteiger partial charge in [0, 0.05) is 11.8 Å². The van der Waals surface area contributed by atoms with Gasteiger partial charge in [-0.25, -0.2) is 14.8 Å². The van der Waals surface area contributed by atoms with Crippen molar-refractivity contribution >= 4 is 46.5 Å². The minimum atomic E-state index is -1.07. The summed E-state index contributed by atoms with van der Waals surface area (Å²) >= 11 is 16.2. The second-order valence-electron chi connectivity index (χ2n) is 3.35. The molecule has 0 aromatic carbocycles. The molecule has 2 rings (SSSR count). The van der Waals surface area contributed by atoms with Crippen molar-refractivity contribution in [1.82, 2.24) is 9.97 Å². The van der Waals surface area contributed by atoms with E-state index < -0.39 is 11.9 Å². The van der Waals surface area contributed by atoms with Gasteiger partial charge >= 0.3 is 5.97 Å². The Morgan fingerprint density at radius 3 is 1.95 bits per heavy atom. The van der Waals surface area contributed by atoms with Gasteiger partial charge in [0.05, 0.1) is 5.56 Å². The van der Waals surface area contributed by atoms with Crippen LogP contribution in [0.4, 0.5) is 10.1 Å². The molecule has 20 heavy (non-hydrogen) atoms. The van der Waals surface area contributed by atoms with Gasteiger partial charge in [0.1, 0.15) is 15.5 Å². The van der Waals surface area contributed by atoms with Gasteiger partial charge in [0.25, 0.3) is 0 Å². The molecule has 0 aliphatic heterocycles. The predicted octanol–water partition coefficient (Wildman–Crippen LogP) is 3.54. The molecule has 0 amide bonds. The van der Waals surface area contributed by atoms with E-state index >= 15 is 0 Å². The van der Waals surface area contributed by atoms with Gasteiger partial charge in [-0.15, -0.1) is 0 Å². The Morgan fingerprint density at radius 2 is 1.55 bits per heavy atom. The number of nitrogens with zero attached hydrogens (tertiary/aromatic N) is 2. The van der Waals surface area contributed by atoms with E-state index in [9.17, 15) is 9.18 Å². The van der Waals surface area contributed by atoms with Gasteiger partial charge in [-0.05, 0) is 18.2 Å². The summed E-state index contributed by atoms with van der Waals surface area (Å²) < 4.78 is 12.2. The number of halogens is 4. The Bertz CT molecular complexity index is 570. The van der Waals surface area contributed by atoms with Gasteiger partial charge in [-0.1, -0.05) is 34.8 Å². The average molecular weight is 339 g/mol. The number of aromatic nitrogens is 2. The second kappa shape index (κ2) is 7.23. The molecular weight excluding hydrogens is 331 g/mol. The lowest BCUT2D eigenvalue weighted by atomic mass is 10.3. The molecule has 0 unspecified atom stereocenters. The molecule has 5 nitrogen and oxygen atoms in total. The van der Waals surface area contributed by atoms with Crippen LogP contribution in [-0.4, -0.2) is 21.0 Å². The van der Waals surface area contributed by atoms with E-state index in [4.69, 9.17) is 45.6 Å². The fraction of sp³-hybridized carbons (Fsp3) is 0. The number of hydrogen-bond acceptors (Lipinski definition) is 4. The minimum Gasteiger partial charge on any atom is -0.478 e. The van der Waals surface area contributed by atoms with E-state index in [1.165, 1.54) is 18.2 Å². The van der Waals surface area contributed by atoms with Crippen LogP contribution < -0.4 is 5.73 Å². The summed E-state index contributed by atoms with van der Waals surface area (Å²) in [6.07, 6.45) is 0. The number of carbonyl (C=O) groups is 1. The maximum Gasteiger partial charge on any atom is 0.335 e. The zero-order valence-electron chi connectivity index (χ0n) is 9.65. The Kier molecular flexibility index (Phi) is 5.94. The summed E-state index contributed by atoms with van der Waals surface area (Å²) in [5, 5.41) is 8.72. The van der Waals surface area contributed by atoms with Gasteiger partial charge in [-0.3, -0.25) is 0 Å². The summed E-state index contributed by atoms with van der Waals surface area (Å²) in [6.45, 7) is 0. The number of rotatable bonds is 1. The van der Waals surface area contributed by atoms with Crippen LogP contribution in [0.15, 0.2) is 24.3 Å². The number of hydrogen-bond donors (Lipinski definition) is 2. The Hall–Kier alpha value is -1.63. The highest BCUT2D eigenvalue weighted by atomic mass is 35.5. The number of anilines is 1. The zero-order chi connectivity index (χ0) is 15.3. The maximum atomic E-state index is 12.2. The molecule has 106 valence electrons. The normalized spacial score (nSPS) is 9.60. The molecular formula is C11H7Cl3FN3O2. The van der Waals surface area contributed by atoms with Gasteiger partial charge in [0.15, 0.2) is 0 Å². The summed E-state index contributed by atoms with van der Waals surface area (Å²) in [6, 6.07) is 4.95. The number of carboxylic acids is 1. The quantitative estimate of drug-likeness (QED) is 0.776. The minimum absolute atomic E-state index is 0.0370. The first-order valence-corrected chi connectivity index (χ1v) is 6.06. The smallest absolute Gasteiger partial charge is 0.335 e. The molecule has 0 bridgehead atoms. The van der Waals surface area contributed by atoms with Crippen molar-refractivity contribution in [2.24, 2.45) is 0 Å². The molecule has 0 fully saturated rings. The summed E-state index contributed by atoms with van der Waals surface area (Å²) in [7, 11) is 0. The van der Waals surface area contributed by atoms with Crippen molar-refractivity contribution in [3.8, 4) is 0 Å². The van der Waals surface area contributed by atoms with E-state index in [2.05, 4.69) is 9.97 Å². The third-order valence-corrected chi connectivity index (χ3v) is 2.38. The van der Waals surface area contributed by atoms with Gasteiger partial charge < -0.3 is 10.8 Å². The molecule has 0 saturated carbocycles. The molecule has 2 aromatic heterocycles. The molecule has 0 aliphatic carbocycles. The predicted molar refractivity (Wildman–Crippen MR) is 74.8 cm³/mol. The molecule has 2 heterocycles. The number of pyridine rings is 2. The summed E-state index contributed by atoms with van der Waals surface area (Å²) in [5.41, 5.74) is 5.52. The van der Waals surface area contributed by atoms with E-state index in [0.717, 1.165) is 6.07 Å². The first-order valence-electron chi connectivity index (χ1n) is 4.93. The Morgan fingerprint density at radius 1 is 1.05 bits per heavy atom. The van der Waals surface area contributed by atoms with Crippen LogP contribution in [0.2, 0.25) is 15.5 Å². The average Bonchev–Trinajstić information content (AvgIpc) is 2.26. The summed E-state index contributed by atoms with van der Waals surface area (Å²) in [4.78, 5) is 17.2. The van der Waals surface area contributed by atoms with Crippen molar-refractivity contribution in [1.29, 1.82) is 0 Å². The van der Waals surface area contributed by atoms with E-state index in [-0.39, 0.29) is 26.7 Å². The number of nitrogens with two attached hydrogens (primary N) is 1. The summed E-state index contributed by atoms with van der Waals surface area (Å²) in [5.74, 6) is -1.73. The number of carboxylic acid groups (broad SMARTS) is 1. The zero-order valence-corrected chi connectivity index (χ0v) is 11.9. The largest absolute Gasteiger partial charge is 0.478 e. The van der Waals surface area contributed by atoms with Crippen LogP contribution in [0.25, 0.3) is 0 Å². The van der Waals surface area contributed by atoms with Gasteiger partial charge in [-0.2, -0.15) is 4.39 Å². The van der Waals surface area contributed by atoms with Crippen molar-refractivity contribution in [3.05, 3.63) is 51.2 Å². The lowest BCUT2D eigenvalue weighted by molar-refractivity contribution is 0.0696. The van der Waals surface area contributed by atoms with E-state index in [0.29, 0.717) is 0 Å². The third kappa shape index (κ3) is 5.56. The van der Waals surface area contributed by atoms with Crippen molar-refractivity contribution in [3.63, 3.8) is 0 Å². The Balaban J connectivity index is 0.000000204. The lowest BCUT2D eigenvalue weighted by Gasteiger charge is -1.94.